The van der Waals surface area contributed by atoms with Crippen LogP contribution >= 0.6 is 0 Å². The first-order valence-corrected chi connectivity index (χ1v) is 8.72. The van der Waals surface area contributed by atoms with Gasteiger partial charge < -0.3 is 4.90 Å². The summed E-state index contributed by atoms with van der Waals surface area (Å²) in [6, 6.07) is 0.0825. The molecule has 1 heterocycles. The molecular weight excluding hydrogens is 248 g/mol. The molecule has 116 valence electrons. The third-order valence-electron chi connectivity index (χ3n) is 5.08. The van der Waals surface area contributed by atoms with E-state index in [1.807, 2.05) is 0 Å². The molecule has 2 aliphatic rings. The van der Waals surface area contributed by atoms with Gasteiger partial charge in [0.25, 0.3) is 0 Å². The Balaban J connectivity index is 1.93. The molecule has 0 aromatic carbocycles. The molecule has 3 nitrogen and oxygen atoms in total. The van der Waals surface area contributed by atoms with Crippen molar-refractivity contribution in [3.8, 4) is 0 Å². The summed E-state index contributed by atoms with van der Waals surface area (Å²) in [5.41, 5.74) is 0. The van der Waals surface area contributed by atoms with E-state index in [0.29, 0.717) is 12.1 Å². The van der Waals surface area contributed by atoms with Crippen molar-refractivity contribution in [1.82, 2.24) is 10.2 Å². The first-order chi connectivity index (χ1) is 9.65. The van der Waals surface area contributed by atoms with E-state index in [1.54, 1.807) is 0 Å². The zero-order valence-corrected chi connectivity index (χ0v) is 13.5. The van der Waals surface area contributed by atoms with Gasteiger partial charge in [0.2, 0.25) is 5.91 Å². The summed E-state index contributed by atoms with van der Waals surface area (Å²) in [6.07, 6.45) is 9.90. The molecule has 0 aromatic rings. The Kier molecular flexibility index (Phi) is 5.88. The van der Waals surface area contributed by atoms with Gasteiger partial charge in [-0.1, -0.05) is 46.5 Å². The molecule has 2 rings (SSSR count). The van der Waals surface area contributed by atoms with E-state index >= 15 is 0 Å². The van der Waals surface area contributed by atoms with E-state index in [-0.39, 0.29) is 6.04 Å². The number of nitrogens with zero attached hydrogens (tertiary/aromatic N) is 1. The van der Waals surface area contributed by atoms with Crippen LogP contribution in [-0.2, 0) is 4.79 Å². The van der Waals surface area contributed by atoms with E-state index in [2.05, 4.69) is 31.0 Å². The number of hydrogen-bond acceptors (Lipinski definition) is 2. The topological polar surface area (TPSA) is 32.3 Å². The van der Waals surface area contributed by atoms with Crippen molar-refractivity contribution < 1.29 is 4.79 Å². The molecule has 1 saturated heterocycles. The van der Waals surface area contributed by atoms with E-state index in [1.165, 1.54) is 25.7 Å². The van der Waals surface area contributed by atoms with Gasteiger partial charge in [0.1, 0.15) is 0 Å². The summed E-state index contributed by atoms with van der Waals surface area (Å²) < 4.78 is 0. The highest BCUT2D eigenvalue weighted by Gasteiger charge is 2.38. The molecule has 1 N–H and O–H groups in total. The predicted octanol–water partition coefficient (Wildman–Crippen LogP) is 3.54. The zero-order chi connectivity index (χ0) is 14.5. The van der Waals surface area contributed by atoms with Crippen molar-refractivity contribution >= 4 is 5.91 Å². The molecule has 0 aromatic heterocycles. The van der Waals surface area contributed by atoms with E-state index in [9.17, 15) is 4.79 Å². The predicted molar refractivity (Wildman–Crippen MR) is 83.4 cm³/mol. The van der Waals surface area contributed by atoms with Gasteiger partial charge in [0.15, 0.2) is 0 Å². The molecule has 20 heavy (non-hydrogen) atoms. The maximum absolute atomic E-state index is 12.6. The minimum Gasteiger partial charge on any atom is -0.326 e. The smallest absolute Gasteiger partial charge is 0.241 e. The second kappa shape index (κ2) is 7.44. The Hall–Kier alpha value is -0.570. The lowest BCUT2D eigenvalue weighted by molar-refractivity contribution is -0.131. The fourth-order valence-electron chi connectivity index (χ4n) is 3.76. The number of hydrogen-bond donors (Lipinski definition) is 1. The Morgan fingerprint density at radius 1 is 1.10 bits per heavy atom. The van der Waals surface area contributed by atoms with Gasteiger partial charge in [-0.2, -0.15) is 0 Å². The first kappa shape index (κ1) is 15.8. The van der Waals surface area contributed by atoms with Gasteiger partial charge in [-0.25, -0.2) is 0 Å². The molecule has 2 atom stereocenters. The van der Waals surface area contributed by atoms with Crippen LogP contribution in [0.4, 0.5) is 0 Å². The number of rotatable bonds is 6. The maximum Gasteiger partial charge on any atom is 0.241 e. The molecule has 1 saturated carbocycles. The van der Waals surface area contributed by atoms with Crippen molar-refractivity contribution in [3.63, 3.8) is 0 Å². The van der Waals surface area contributed by atoms with Crippen molar-refractivity contribution in [2.24, 2.45) is 11.8 Å². The number of carbonyl (C=O) groups is 1. The minimum absolute atomic E-state index is 0.0825. The highest BCUT2D eigenvalue weighted by Crippen LogP contribution is 2.30. The molecule has 0 spiro atoms. The Morgan fingerprint density at radius 3 is 2.35 bits per heavy atom. The molecule has 2 fully saturated rings. The normalized spacial score (nSPS) is 34.8. The standard InChI is InChI=1S/C17H32N2O/c1-4-6-15-17(20)19(16(18-15)7-5-2)12-14-10-8-13(3)9-11-14/h13-16,18H,4-12H2,1-3H3. The molecule has 2 unspecified atom stereocenters. The zero-order valence-electron chi connectivity index (χ0n) is 13.5. The lowest BCUT2D eigenvalue weighted by atomic mass is 9.82. The molecule has 0 bridgehead atoms. The van der Waals surface area contributed by atoms with Gasteiger partial charge in [0, 0.05) is 6.54 Å². The Labute approximate surface area is 124 Å². The van der Waals surface area contributed by atoms with Crippen LogP contribution in [0.3, 0.4) is 0 Å². The highest BCUT2D eigenvalue weighted by molar-refractivity contribution is 5.84. The fraction of sp³-hybridized carbons (Fsp3) is 0.941. The number of amides is 1. The van der Waals surface area contributed by atoms with Crippen molar-refractivity contribution in [2.45, 2.75) is 84.3 Å². The Bertz CT molecular complexity index is 310. The van der Waals surface area contributed by atoms with Crippen LogP contribution in [0, 0.1) is 11.8 Å². The van der Waals surface area contributed by atoms with Crippen LogP contribution in [0.2, 0.25) is 0 Å². The first-order valence-electron chi connectivity index (χ1n) is 8.72. The summed E-state index contributed by atoms with van der Waals surface area (Å²) in [5, 5.41) is 3.57. The van der Waals surface area contributed by atoms with Crippen LogP contribution in [-0.4, -0.2) is 29.6 Å². The molecule has 0 radical (unpaired) electrons. The van der Waals surface area contributed by atoms with Crippen LogP contribution in [0.1, 0.15) is 72.1 Å². The van der Waals surface area contributed by atoms with Gasteiger partial charge in [0.05, 0.1) is 12.2 Å². The molecule has 1 amide bonds. The van der Waals surface area contributed by atoms with Crippen molar-refractivity contribution in [3.05, 3.63) is 0 Å². The second-order valence-electron chi connectivity index (χ2n) is 6.93. The third-order valence-corrected chi connectivity index (χ3v) is 5.08. The van der Waals surface area contributed by atoms with Gasteiger partial charge in [-0.3, -0.25) is 10.1 Å². The monoisotopic (exact) mass is 280 g/mol. The van der Waals surface area contributed by atoms with Crippen LogP contribution in [0.5, 0.6) is 0 Å². The van der Waals surface area contributed by atoms with Crippen molar-refractivity contribution in [1.29, 1.82) is 0 Å². The number of nitrogens with one attached hydrogen (secondary N) is 1. The molecular formula is C17H32N2O. The van der Waals surface area contributed by atoms with Crippen LogP contribution < -0.4 is 5.32 Å². The fourth-order valence-corrected chi connectivity index (χ4v) is 3.76. The van der Waals surface area contributed by atoms with Crippen LogP contribution in [0.15, 0.2) is 0 Å². The average Bonchev–Trinajstić information content (AvgIpc) is 2.71. The molecule has 1 aliphatic carbocycles. The SMILES string of the molecule is CCCC1NC(CCC)N(CC2CCC(C)CC2)C1=O. The van der Waals surface area contributed by atoms with Crippen molar-refractivity contribution in [2.75, 3.05) is 6.54 Å². The van der Waals surface area contributed by atoms with E-state index in [4.69, 9.17) is 0 Å². The largest absolute Gasteiger partial charge is 0.326 e. The van der Waals surface area contributed by atoms with Gasteiger partial charge >= 0.3 is 0 Å². The summed E-state index contributed by atoms with van der Waals surface area (Å²) in [6.45, 7) is 7.72. The Morgan fingerprint density at radius 2 is 1.75 bits per heavy atom. The molecule has 1 aliphatic heterocycles. The van der Waals surface area contributed by atoms with Gasteiger partial charge in [-0.15, -0.1) is 0 Å². The lowest BCUT2D eigenvalue weighted by Crippen LogP contribution is -2.41. The third kappa shape index (κ3) is 3.75. The van der Waals surface area contributed by atoms with E-state index in [0.717, 1.165) is 44.1 Å². The highest BCUT2D eigenvalue weighted by atomic mass is 16.2. The summed E-state index contributed by atoms with van der Waals surface area (Å²) >= 11 is 0. The average molecular weight is 280 g/mol. The molecule has 3 heteroatoms. The lowest BCUT2D eigenvalue weighted by Gasteiger charge is -2.32. The summed E-state index contributed by atoms with van der Waals surface area (Å²) in [5.74, 6) is 1.98. The van der Waals surface area contributed by atoms with Crippen LogP contribution in [0.25, 0.3) is 0 Å². The minimum atomic E-state index is 0.0825. The number of carbonyl (C=O) groups excluding carboxylic acids is 1. The summed E-state index contributed by atoms with van der Waals surface area (Å²) in [4.78, 5) is 14.8. The maximum atomic E-state index is 12.6. The summed E-state index contributed by atoms with van der Waals surface area (Å²) in [7, 11) is 0. The van der Waals surface area contributed by atoms with E-state index < -0.39 is 0 Å². The second-order valence-corrected chi connectivity index (χ2v) is 6.93. The quantitative estimate of drug-likeness (QED) is 0.807. The van der Waals surface area contributed by atoms with Gasteiger partial charge in [-0.05, 0) is 37.5 Å².